The predicted octanol–water partition coefficient (Wildman–Crippen LogP) is 6.02. The van der Waals surface area contributed by atoms with Crippen molar-refractivity contribution >= 4 is 38.0 Å². The van der Waals surface area contributed by atoms with Crippen molar-refractivity contribution in [3.63, 3.8) is 0 Å². The number of hydrogen-bond acceptors (Lipinski definition) is 6. The summed E-state index contributed by atoms with van der Waals surface area (Å²) in [5.74, 6) is -1.55. The van der Waals surface area contributed by atoms with Crippen LogP contribution in [0.3, 0.4) is 0 Å². The molecule has 0 spiro atoms. The highest BCUT2D eigenvalue weighted by Crippen LogP contribution is 2.48. The van der Waals surface area contributed by atoms with Crippen LogP contribution in [0.25, 0.3) is 0 Å². The topological polar surface area (TPSA) is 90.0 Å². The molecule has 1 fully saturated rings. The van der Waals surface area contributed by atoms with Gasteiger partial charge >= 0.3 is 5.97 Å². The number of rotatable bonds is 11. The zero-order valence-electron chi connectivity index (χ0n) is 24.0. The molecule has 1 aromatic rings. The maximum atomic E-state index is 14.0. The predicted molar refractivity (Wildman–Crippen MR) is 148 cm³/mol. The minimum atomic E-state index is -2.30. The number of nitrogens with zero attached hydrogens (tertiary/aromatic N) is 1. The molecule has 0 saturated carbocycles. The Balaban J connectivity index is 2.78. The van der Waals surface area contributed by atoms with Crippen LogP contribution in [0.15, 0.2) is 35.9 Å². The highest BCUT2D eigenvalue weighted by molar-refractivity contribution is 6.78. The smallest absolute Gasteiger partial charge is 0.329 e. The summed E-state index contributed by atoms with van der Waals surface area (Å²) in [4.78, 5) is 53.9. The van der Waals surface area contributed by atoms with Crippen LogP contribution in [0.2, 0.25) is 16.6 Å². The van der Waals surface area contributed by atoms with Gasteiger partial charge in [0.1, 0.15) is 17.6 Å². The number of anilines is 1. The summed E-state index contributed by atoms with van der Waals surface area (Å²) >= 11 is 0. The zero-order valence-corrected chi connectivity index (χ0v) is 25.0. The van der Waals surface area contributed by atoms with Crippen LogP contribution >= 0.6 is 0 Å². The average Bonchev–Trinajstić information content (AvgIpc) is 3.01. The minimum Gasteiger partial charge on any atom is -0.543 e. The Labute approximate surface area is 222 Å². The summed E-state index contributed by atoms with van der Waals surface area (Å²) in [5, 5.41) is 0. The van der Waals surface area contributed by atoms with E-state index < -0.39 is 36.9 Å². The van der Waals surface area contributed by atoms with E-state index in [1.807, 2.05) is 6.07 Å². The van der Waals surface area contributed by atoms with Crippen molar-refractivity contribution in [1.29, 1.82) is 0 Å². The second kappa shape index (κ2) is 11.3. The SMILES string of the molecule is CCOC(=O)[C@]1(C)C(=O)N(c2cccc(O[Si](C(C)C)(C(C)C)C(C)C)c2)[C@](/C=C(\C)C=O)(CC)C1=O. The van der Waals surface area contributed by atoms with Crippen LogP contribution in [0, 0.1) is 5.41 Å². The van der Waals surface area contributed by atoms with Gasteiger partial charge in [0.25, 0.3) is 14.2 Å². The quantitative estimate of drug-likeness (QED) is 0.114. The number of aldehydes is 1. The van der Waals surface area contributed by atoms with Crippen molar-refractivity contribution in [2.75, 3.05) is 11.5 Å². The van der Waals surface area contributed by atoms with Crippen molar-refractivity contribution in [2.45, 2.75) is 97.8 Å². The second-order valence-corrected chi connectivity index (χ2v) is 16.4. The molecule has 1 aromatic carbocycles. The van der Waals surface area contributed by atoms with Gasteiger partial charge in [-0.05, 0) is 67.6 Å². The molecule has 0 aliphatic carbocycles. The van der Waals surface area contributed by atoms with Crippen LogP contribution < -0.4 is 9.33 Å². The normalized spacial score (nSPS) is 22.8. The monoisotopic (exact) mass is 529 g/mol. The number of Topliss-reactive ketones (excluding diaryl/α,β-unsaturated/α-hetero) is 1. The van der Waals surface area contributed by atoms with E-state index in [2.05, 4.69) is 41.5 Å². The first-order valence-electron chi connectivity index (χ1n) is 13.2. The van der Waals surface area contributed by atoms with Crippen molar-refractivity contribution in [3.8, 4) is 5.75 Å². The minimum absolute atomic E-state index is 0.0347. The average molecular weight is 530 g/mol. The number of carbonyl (C=O) groups excluding carboxylic acids is 4. The highest BCUT2D eigenvalue weighted by atomic mass is 28.4. The largest absolute Gasteiger partial charge is 0.543 e. The molecular formula is C29H43NO6Si. The van der Waals surface area contributed by atoms with Gasteiger partial charge in [-0.2, -0.15) is 0 Å². The Morgan fingerprint density at radius 2 is 1.62 bits per heavy atom. The Morgan fingerprint density at radius 3 is 2.08 bits per heavy atom. The van der Waals surface area contributed by atoms with E-state index in [1.54, 1.807) is 39.0 Å². The number of carbonyl (C=O) groups is 4. The van der Waals surface area contributed by atoms with Gasteiger partial charge < -0.3 is 9.16 Å². The summed E-state index contributed by atoms with van der Waals surface area (Å²) in [6, 6.07) is 7.16. The van der Waals surface area contributed by atoms with Gasteiger partial charge in [-0.15, -0.1) is 0 Å². The molecule has 8 heteroatoms. The molecule has 1 heterocycles. The molecule has 37 heavy (non-hydrogen) atoms. The van der Waals surface area contributed by atoms with Crippen molar-refractivity contribution in [1.82, 2.24) is 0 Å². The summed E-state index contributed by atoms with van der Waals surface area (Å²) in [6.07, 6.45) is 2.31. The molecule has 204 valence electrons. The molecule has 0 unspecified atom stereocenters. The van der Waals surface area contributed by atoms with E-state index in [-0.39, 0.29) is 13.0 Å². The van der Waals surface area contributed by atoms with Crippen LogP contribution in [-0.4, -0.2) is 44.4 Å². The molecule has 0 radical (unpaired) electrons. The molecule has 0 bridgehead atoms. The van der Waals surface area contributed by atoms with E-state index in [9.17, 15) is 19.2 Å². The van der Waals surface area contributed by atoms with E-state index in [4.69, 9.17) is 9.16 Å². The second-order valence-electron chi connectivity index (χ2n) is 11.0. The van der Waals surface area contributed by atoms with Gasteiger partial charge in [-0.3, -0.25) is 24.1 Å². The molecule has 2 atom stereocenters. The Kier molecular flexibility index (Phi) is 9.34. The van der Waals surface area contributed by atoms with E-state index in [0.29, 0.717) is 39.9 Å². The third-order valence-corrected chi connectivity index (χ3v) is 13.8. The van der Waals surface area contributed by atoms with Crippen LogP contribution in [0.4, 0.5) is 5.69 Å². The first-order chi connectivity index (χ1) is 17.2. The lowest BCUT2D eigenvalue weighted by Gasteiger charge is -2.42. The van der Waals surface area contributed by atoms with Gasteiger partial charge in [0.05, 0.1) is 6.61 Å². The van der Waals surface area contributed by atoms with Crippen LogP contribution in [0.5, 0.6) is 5.75 Å². The van der Waals surface area contributed by atoms with E-state index >= 15 is 0 Å². The zero-order chi connectivity index (χ0) is 28.3. The van der Waals surface area contributed by atoms with Gasteiger partial charge in [0.15, 0.2) is 5.78 Å². The van der Waals surface area contributed by atoms with Crippen LogP contribution in [-0.2, 0) is 23.9 Å². The fourth-order valence-corrected chi connectivity index (χ4v) is 11.3. The third-order valence-electron chi connectivity index (χ3n) is 7.83. The summed E-state index contributed by atoms with van der Waals surface area (Å²) in [6.45, 7) is 19.5. The molecule has 1 aliphatic heterocycles. The number of allylic oxidation sites excluding steroid dienone is 1. The van der Waals surface area contributed by atoms with Gasteiger partial charge in [0.2, 0.25) is 5.41 Å². The summed E-state index contributed by atoms with van der Waals surface area (Å²) in [5.41, 5.74) is -1.82. The lowest BCUT2D eigenvalue weighted by Crippen LogP contribution is -2.51. The Bertz CT molecular complexity index is 1060. The maximum absolute atomic E-state index is 14.0. The van der Waals surface area contributed by atoms with E-state index in [0.717, 1.165) is 0 Å². The molecule has 2 rings (SSSR count). The molecule has 1 amide bonds. The fourth-order valence-electron chi connectivity index (χ4n) is 6.04. The number of ketones is 1. The van der Waals surface area contributed by atoms with Gasteiger partial charge in [0, 0.05) is 11.8 Å². The third kappa shape index (κ3) is 4.92. The summed E-state index contributed by atoms with van der Waals surface area (Å²) < 4.78 is 12.0. The Hall–Kier alpha value is -2.74. The molecule has 1 saturated heterocycles. The standard InChI is InChI=1S/C29H43NO6Si/c1-11-29(17-22(9)18-31)25(32)28(10,27(34)35-12-2)26(33)30(29)23-14-13-15-24(16-23)36-37(19(3)4,20(5)6)21(7)8/h13-21H,11-12H2,1-10H3/b22-17+/t28-,29-/m0/s1. The summed E-state index contributed by atoms with van der Waals surface area (Å²) in [7, 11) is -2.30. The van der Waals surface area contributed by atoms with Gasteiger partial charge in [-0.1, -0.05) is 54.5 Å². The number of hydrogen-bond donors (Lipinski definition) is 0. The first kappa shape index (κ1) is 30.5. The molecule has 1 aliphatic rings. The number of ether oxygens (including phenoxy) is 1. The van der Waals surface area contributed by atoms with Crippen molar-refractivity contribution < 1.29 is 28.3 Å². The maximum Gasteiger partial charge on any atom is 0.329 e. The lowest BCUT2D eigenvalue weighted by molar-refractivity contribution is -0.160. The number of benzene rings is 1. The number of esters is 1. The fraction of sp³-hybridized carbons (Fsp3) is 0.586. The Morgan fingerprint density at radius 1 is 1.05 bits per heavy atom. The molecular weight excluding hydrogens is 486 g/mol. The van der Waals surface area contributed by atoms with Crippen molar-refractivity contribution in [3.05, 3.63) is 35.9 Å². The lowest BCUT2D eigenvalue weighted by atomic mass is 9.78. The molecule has 0 N–H and O–H groups in total. The van der Waals surface area contributed by atoms with Crippen molar-refractivity contribution in [2.24, 2.45) is 5.41 Å². The molecule has 7 nitrogen and oxygen atoms in total. The van der Waals surface area contributed by atoms with Crippen LogP contribution in [0.1, 0.15) is 75.7 Å². The van der Waals surface area contributed by atoms with Gasteiger partial charge in [-0.25, -0.2) is 0 Å². The van der Waals surface area contributed by atoms with E-state index in [1.165, 1.54) is 17.9 Å². The highest BCUT2D eigenvalue weighted by Gasteiger charge is 2.68. The molecule has 0 aromatic heterocycles. The number of amides is 1. The first-order valence-corrected chi connectivity index (χ1v) is 15.3.